The van der Waals surface area contributed by atoms with Gasteiger partial charge in [-0.05, 0) is 67.8 Å². The molecular formula is C31H35Cl2N3O5S. The normalized spacial score (nSPS) is 14.3. The smallest absolute Gasteiger partial charge is 0.264 e. The summed E-state index contributed by atoms with van der Waals surface area (Å²) in [5.41, 5.74) is 0.784. The first kappa shape index (κ1) is 31.7. The van der Waals surface area contributed by atoms with Crippen LogP contribution in [0.3, 0.4) is 0 Å². The lowest BCUT2D eigenvalue weighted by Crippen LogP contribution is -2.53. The number of halogens is 2. The number of methoxy groups -OCH3 is 1. The number of benzene rings is 3. The summed E-state index contributed by atoms with van der Waals surface area (Å²) in [4.78, 5) is 29.1. The van der Waals surface area contributed by atoms with E-state index in [1.54, 1.807) is 60.7 Å². The Morgan fingerprint density at radius 1 is 0.952 bits per heavy atom. The van der Waals surface area contributed by atoms with Crippen LogP contribution >= 0.6 is 23.2 Å². The van der Waals surface area contributed by atoms with E-state index >= 15 is 0 Å². The Morgan fingerprint density at radius 3 is 2.14 bits per heavy atom. The van der Waals surface area contributed by atoms with Crippen molar-refractivity contribution in [1.82, 2.24) is 10.2 Å². The first-order chi connectivity index (χ1) is 20.1. The molecule has 0 spiro atoms. The number of nitrogens with one attached hydrogen (secondary N) is 1. The topological polar surface area (TPSA) is 96.0 Å². The molecule has 42 heavy (non-hydrogen) atoms. The van der Waals surface area contributed by atoms with E-state index in [0.717, 1.165) is 30.0 Å². The number of hydrogen-bond donors (Lipinski definition) is 1. The van der Waals surface area contributed by atoms with Crippen molar-refractivity contribution in [3.63, 3.8) is 0 Å². The first-order valence-electron chi connectivity index (χ1n) is 13.9. The van der Waals surface area contributed by atoms with E-state index in [1.807, 2.05) is 6.92 Å². The molecule has 8 nitrogen and oxygen atoms in total. The van der Waals surface area contributed by atoms with Crippen molar-refractivity contribution in [2.75, 3.05) is 18.0 Å². The predicted octanol–water partition coefficient (Wildman–Crippen LogP) is 6.06. The molecule has 3 aromatic carbocycles. The highest BCUT2D eigenvalue weighted by atomic mass is 35.5. The van der Waals surface area contributed by atoms with Crippen LogP contribution in [0, 0.1) is 0 Å². The third kappa shape index (κ3) is 7.38. The van der Waals surface area contributed by atoms with Gasteiger partial charge in [-0.15, -0.1) is 0 Å². The van der Waals surface area contributed by atoms with Crippen LogP contribution in [0.1, 0.15) is 44.6 Å². The van der Waals surface area contributed by atoms with Crippen LogP contribution in [0.2, 0.25) is 10.0 Å². The maximum absolute atomic E-state index is 14.2. The van der Waals surface area contributed by atoms with E-state index in [-0.39, 0.29) is 23.4 Å². The fourth-order valence-electron chi connectivity index (χ4n) is 5.14. The van der Waals surface area contributed by atoms with E-state index in [1.165, 1.54) is 24.1 Å². The summed E-state index contributed by atoms with van der Waals surface area (Å²) < 4.78 is 34.1. The van der Waals surface area contributed by atoms with Crippen molar-refractivity contribution in [3.05, 3.63) is 88.4 Å². The number of amides is 2. The Kier molecular flexibility index (Phi) is 10.8. The molecular weight excluding hydrogens is 597 g/mol. The van der Waals surface area contributed by atoms with Gasteiger partial charge in [-0.25, -0.2) is 8.42 Å². The lowest BCUT2D eigenvalue weighted by atomic mass is 10.1. The standard InChI is InChI=1S/C31H35Cl2N3O5S/c1-3-29(31(38)34-22-10-7-8-11-22)35(20-26-27(32)14-9-15-28(26)33)30(37)21-36(23-12-5-4-6-13-23)42(39,40)25-18-16-24(41-2)17-19-25/h4-6,9,12-19,22,29H,3,7-8,10-11,20-21H2,1-2H3,(H,34,38)/t29-/m0/s1. The zero-order valence-electron chi connectivity index (χ0n) is 23.6. The molecule has 2 amide bonds. The molecule has 1 aliphatic rings. The van der Waals surface area contributed by atoms with Crippen molar-refractivity contribution < 1.29 is 22.7 Å². The van der Waals surface area contributed by atoms with Crippen molar-refractivity contribution in [2.45, 2.75) is 62.6 Å². The average molecular weight is 633 g/mol. The maximum atomic E-state index is 14.2. The molecule has 0 bridgehead atoms. The highest BCUT2D eigenvalue weighted by Crippen LogP contribution is 2.29. The summed E-state index contributed by atoms with van der Waals surface area (Å²) in [6.45, 7) is 1.20. The van der Waals surface area contributed by atoms with Gasteiger partial charge in [0.1, 0.15) is 18.3 Å². The zero-order valence-corrected chi connectivity index (χ0v) is 26.0. The predicted molar refractivity (Wildman–Crippen MR) is 165 cm³/mol. The molecule has 0 unspecified atom stereocenters. The van der Waals surface area contributed by atoms with Crippen molar-refractivity contribution >= 4 is 50.7 Å². The van der Waals surface area contributed by atoms with Gasteiger partial charge in [-0.2, -0.15) is 0 Å². The van der Waals surface area contributed by atoms with Crippen LogP contribution < -0.4 is 14.4 Å². The molecule has 0 heterocycles. The van der Waals surface area contributed by atoms with Crippen molar-refractivity contribution in [1.29, 1.82) is 0 Å². The van der Waals surface area contributed by atoms with Gasteiger partial charge in [-0.3, -0.25) is 13.9 Å². The van der Waals surface area contributed by atoms with Gasteiger partial charge < -0.3 is 15.0 Å². The van der Waals surface area contributed by atoms with Crippen LogP contribution in [-0.2, 0) is 26.2 Å². The van der Waals surface area contributed by atoms with Crippen LogP contribution in [0.4, 0.5) is 5.69 Å². The first-order valence-corrected chi connectivity index (χ1v) is 16.1. The summed E-state index contributed by atoms with van der Waals surface area (Å²) in [7, 11) is -2.70. The van der Waals surface area contributed by atoms with E-state index in [2.05, 4.69) is 5.32 Å². The molecule has 0 radical (unpaired) electrons. The molecule has 0 aliphatic heterocycles. The van der Waals surface area contributed by atoms with Gasteiger partial charge in [0.25, 0.3) is 10.0 Å². The summed E-state index contributed by atoms with van der Waals surface area (Å²) >= 11 is 13.0. The minimum atomic E-state index is -4.19. The Bertz CT molecular complexity index is 1460. The molecule has 3 aromatic rings. The molecule has 224 valence electrons. The summed E-state index contributed by atoms with van der Waals surface area (Å²) in [5.74, 6) is -0.358. The van der Waals surface area contributed by atoms with Gasteiger partial charge in [0.05, 0.1) is 17.7 Å². The van der Waals surface area contributed by atoms with Crippen LogP contribution in [0.25, 0.3) is 0 Å². The minimum Gasteiger partial charge on any atom is -0.497 e. The fraction of sp³-hybridized carbons (Fsp3) is 0.355. The van der Waals surface area contributed by atoms with Crippen LogP contribution in [0.15, 0.2) is 77.7 Å². The van der Waals surface area contributed by atoms with E-state index in [9.17, 15) is 18.0 Å². The molecule has 11 heteroatoms. The third-order valence-electron chi connectivity index (χ3n) is 7.45. The number of ether oxygens (including phenoxy) is 1. The summed E-state index contributed by atoms with van der Waals surface area (Å²) in [6, 6.07) is 18.5. The van der Waals surface area contributed by atoms with Gasteiger partial charge in [-0.1, -0.05) is 67.2 Å². The Balaban J connectivity index is 1.72. The second-order valence-corrected chi connectivity index (χ2v) is 12.8. The second-order valence-electron chi connectivity index (χ2n) is 10.2. The molecule has 0 saturated heterocycles. The van der Waals surface area contributed by atoms with Crippen LogP contribution in [-0.4, -0.2) is 50.9 Å². The van der Waals surface area contributed by atoms with Gasteiger partial charge in [0.2, 0.25) is 11.8 Å². The summed E-state index contributed by atoms with van der Waals surface area (Å²) in [5, 5.41) is 3.78. The molecule has 1 aliphatic carbocycles. The summed E-state index contributed by atoms with van der Waals surface area (Å²) in [6.07, 6.45) is 4.15. The minimum absolute atomic E-state index is 0.00771. The number of hydrogen-bond acceptors (Lipinski definition) is 5. The van der Waals surface area contributed by atoms with E-state index in [0.29, 0.717) is 33.5 Å². The number of carbonyl (C=O) groups is 2. The van der Waals surface area contributed by atoms with Gasteiger partial charge in [0.15, 0.2) is 0 Å². The van der Waals surface area contributed by atoms with Crippen LogP contribution in [0.5, 0.6) is 5.75 Å². The molecule has 1 atom stereocenters. The largest absolute Gasteiger partial charge is 0.497 e. The number of nitrogens with zero attached hydrogens (tertiary/aromatic N) is 2. The molecule has 0 aromatic heterocycles. The van der Waals surface area contributed by atoms with Crippen molar-refractivity contribution in [3.8, 4) is 5.75 Å². The van der Waals surface area contributed by atoms with Crippen molar-refractivity contribution in [2.24, 2.45) is 0 Å². The third-order valence-corrected chi connectivity index (χ3v) is 9.94. The molecule has 1 saturated carbocycles. The fourth-order valence-corrected chi connectivity index (χ4v) is 7.07. The molecule has 4 rings (SSSR count). The Labute approximate surface area is 257 Å². The number of anilines is 1. The monoisotopic (exact) mass is 631 g/mol. The number of rotatable bonds is 12. The quantitative estimate of drug-likeness (QED) is 0.262. The second kappa shape index (κ2) is 14.3. The zero-order chi connectivity index (χ0) is 30.3. The Morgan fingerprint density at radius 2 is 1.57 bits per heavy atom. The highest BCUT2D eigenvalue weighted by Gasteiger charge is 2.35. The molecule has 1 fully saturated rings. The number of sulfonamides is 1. The van der Waals surface area contributed by atoms with E-state index in [4.69, 9.17) is 27.9 Å². The molecule has 1 N–H and O–H groups in total. The Hall–Kier alpha value is -3.27. The average Bonchev–Trinajstić information content (AvgIpc) is 3.50. The van der Waals surface area contributed by atoms with Gasteiger partial charge in [0, 0.05) is 28.2 Å². The highest BCUT2D eigenvalue weighted by molar-refractivity contribution is 7.92. The van der Waals surface area contributed by atoms with E-state index < -0.39 is 28.5 Å². The number of carbonyl (C=O) groups excluding carboxylic acids is 2. The number of para-hydroxylation sites is 1. The lowest BCUT2D eigenvalue weighted by molar-refractivity contribution is -0.140. The van der Waals surface area contributed by atoms with Gasteiger partial charge >= 0.3 is 0 Å². The maximum Gasteiger partial charge on any atom is 0.264 e. The SMILES string of the molecule is CC[C@@H](C(=O)NC1CCCC1)N(Cc1c(Cl)cccc1Cl)C(=O)CN(c1ccccc1)S(=O)(=O)c1ccc(OC)cc1. The lowest BCUT2D eigenvalue weighted by Gasteiger charge is -2.34.